The van der Waals surface area contributed by atoms with Gasteiger partial charge in [0.2, 0.25) is 0 Å². The van der Waals surface area contributed by atoms with Crippen molar-refractivity contribution in [2.24, 2.45) is 5.92 Å². The molecule has 2 bridgehead atoms. The Kier molecular flexibility index (Phi) is 2.75. The zero-order valence-corrected chi connectivity index (χ0v) is 11.8. The molecule has 0 saturated carbocycles. The summed E-state index contributed by atoms with van der Waals surface area (Å²) in [5.74, 6) is 4.71. The molecule has 0 aromatic carbocycles. The maximum absolute atomic E-state index is 5.56. The van der Waals surface area contributed by atoms with Crippen molar-refractivity contribution >= 4 is 11.8 Å². The molecule has 0 amide bonds. The molecule has 0 N–H and O–H groups in total. The molecule has 0 radical (unpaired) electrons. The van der Waals surface area contributed by atoms with E-state index in [1.54, 1.807) is 0 Å². The molecule has 4 aliphatic rings. The summed E-state index contributed by atoms with van der Waals surface area (Å²) in [4.78, 5) is 6.41. The standard InChI is InChI=1S/C16H18N2S/c1-2-13-11-19-16-10-18(6-4-15(13)16)14-7-12-3-5-17(8-12)9-14/h1,4,6,10,12,14H,3,5,7-9,11H2/t12-,14-/m1/s1. The molecule has 2 saturated heterocycles. The minimum Gasteiger partial charge on any atom is -0.349 e. The molecule has 98 valence electrons. The van der Waals surface area contributed by atoms with Crippen LogP contribution in [0.5, 0.6) is 0 Å². The number of thioether (sulfide) groups is 1. The van der Waals surface area contributed by atoms with Crippen LogP contribution in [0, 0.1) is 18.3 Å². The van der Waals surface area contributed by atoms with E-state index < -0.39 is 0 Å². The molecule has 1 unspecified atom stereocenters. The van der Waals surface area contributed by atoms with Gasteiger partial charge in [0, 0.05) is 53.3 Å². The number of hydrogen-bond donors (Lipinski definition) is 0. The highest BCUT2D eigenvalue weighted by atomic mass is 32.2. The zero-order chi connectivity index (χ0) is 12.8. The topological polar surface area (TPSA) is 6.48 Å². The summed E-state index contributed by atoms with van der Waals surface area (Å²) >= 11 is 1.88. The molecule has 0 aromatic heterocycles. The van der Waals surface area contributed by atoms with E-state index in [0.717, 1.165) is 17.2 Å². The lowest BCUT2D eigenvalue weighted by Crippen LogP contribution is -2.43. The Balaban J connectivity index is 1.56. The second kappa shape index (κ2) is 4.47. The van der Waals surface area contributed by atoms with Gasteiger partial charge in [0.05, 0.1) is 0 Å². The highest BCUT2D eigenvalue weighted by molar-refractivity contribution is 8.03. The zero-order valence-electron chi connectivity index (χ0n) is 11.0. The van der Waals surface area contributed by atoms with Crippen molar-refractivity contribution in [3.05, 3.63) is 34.5 Å². The van der Waals surface area contributed by atoms with Gasteiger partial charge in [-0.3, -0.25) is 0 Å². The average molecular weight is 270 g/mol. The number of rotatable bonds is 1. The maximum atomic E-state index is 5.56. The smallest absolute Gasteiger partial charge is 0.0461 e. The lowest BCUT2D eigenvalue weighted by molar-refractivity contribution is 0.173. The average Bonchev–Trinajstić information content (AvgIpc) is 3.01. The van der Waals surface area contributed by atoms with Crippen molar-refractivity contribution in [1.82, 2.24) is 9.80 Å². The second-order valence-electron chi connectivity index (χ2n) is 5.89. The number of allylic oxidation sites excluding steroid dienone is 2. The van der Waals surface area contributed by atoms with Crippen molar-refractivity contribution in [2.75, 3.05) is 25.4 Å². The van der Waals surface area contributed by atoms with Crippen LogP contribution in [-0.4, -0.2) is 41.2 Å². The molecule has 2 fully saturated rings. The minimum atomic E-state index is 0.655. The second-order valence-corrected chi connectivity index (χ2v) is 6.90. The Morgan fingerprint density at radius 3 is 3.16 bits per heavy atom. The maximum Gasteiger partial charge on any atom is 0.0461 e. The van der Waals surface area contributed by atoms with Gasteiger partial charge in [-0.1, -0.05) is 5.92 Å². The summed E-state index contributed by atoms with van der Waals surface area (Å²) in [6.07, 6.45) is 15.1. The highest BCUT2D eigenvalue weighted by Gasteiger charge is 2.35. The lowest BCUT2D eigenvalue weighted by atomic mass is 9.95. The fraction of sp³-hybridized carbons (Fsp3) is 0.500. The number of fused-ring (bicyclic) bond motifs is 3. The van der Waals surface area contributed by atoms with Crippen LogP contribution in [0.2, 0.25) is 0 Å². The SMILES string of the molecule is C#CC1=C2C=CN([C@@H]3C[C@H]4CCN(C4)C3)C=C2SC1. The highest BCUT2D eigenvalue weighted by Crippen LogP contribution is 2.40. The van der Waals surface area contributed by atoms with Crippen LogP contribution in [0.4, 0.5) is 0 Å². The van der Waals surface area contributed by atoms with Crippen LogP contribution in [0.25, 0.3) is 0 Å². The van der Waals surface area contributed by atoms with Crippen molar-refractivity contribution in [2.45, 2.75) is 18.9 Å². The van der Waals surface area contributed by atoms with Gasteiger partial charge in [-0.2, -0.15) is 0 Å². The fourth-order valence-electron chi connectivity index (χ4n) is 3.67. The van der Waals surface area contributed by atoms with Gasteiger partial charge in [0.25, 0.3) is 0 Å². The van der Waals surface area contributed by atoms with Crippen molar-refractivity contribution in [1.29, 1.82) is 0 Å². The molecule has 3 heteroatoms. The van der Waals surface area contributed by atoms with E-state index in [1.165, 1.54) is 43.0 Å². The molecule has 0 spiro atoms. The Morgan fingerprint density at radius 1 is 1.37 bits per heavy atom. The predicted molar refractivity (Wildman–Crippen MR) is 80.3 cm³/mol. The van der Waals surface area contributed by atoms with Crippen LogP contribution in [-0.2, 0) is 0 Å². The Morgan fingerprint density at radius 2 is 2.32 bits per heavy atom. The molecule has 4 rings (SSSR count). The molecule has 4 aliphatic heterocycles. The minimum absolute atomic E-state index is 0.655. The number of piperidine rings is 1. The van der Waals surface area contributed by atoms with Crippen molar-refractivity contribution < 1.29 is 0 Å². The normalized spacial score (nSPS) is 36.3. The first-order chi connectivity index (χ1) is 9.33. The van der Waals surface area contributed by atoms with Gasteiger partial charge in [-0.25, -0.2) is 0 Å². The third kappa shape index (κ3) is 1.94. The largest absolute Gasteiger partial charge is 0.349 e. The van der Waals surface area contributed by atoms with Crippen LogP contribution in [0.1, 0.15) is 12.8 Å². The Labute approximate surface area is 119 Å². The van der Waals surface area contributed by atoms with Crippen molar-refractivity contribution in [3.8, 4) is 12.3 Å². The molecule has 2 nitrogen and oxygen atoms in total. The number of terminal acetylenes is 1. The molecule has 19 heavy (non-hydrogen) atoms. The summed E-state index contributed by atoms with van der Waals surface area (Å²) in [6.45, 7) is 3.85. The van der Waals surface area contributed by atoms with E-state index in [-0.39, 0.29) is 0 Å². The fourth-order valence-corrected chi connectivity index (χ4v) is 4.76. The van der Waals surface area contributed by atoms with E-state index in [2.05, 4.69) is 34.2 Å². The summed E-state index contributed by atoms with van der Waals surface area (Å²) in [5, 5.41) is 0. The van der Waals surface area contributed by atoms with Crippen LogP contribution >= 0.6 is 11.8 Å². The molecular formula is C16H18N2S. The van der Waals surface area contributed by atoms with E-state index in [9.17, 15) is 0 Å². The van der Waals surface area contributed by atoms with Gasteiger partial charge in [0.15, 0.2) is 0 Å². The van der Waals surface area contributed by atoms with Gasteiger partial charge in [0.1, 0.15) is 0 Å². The quantitative estimate of drug-likeness (QED) is 0.676. The molecule has 4 heterocycles. The predicted octanol–water partition coefficient (Wildman–Crippen LogP) is 2.43. The molecular weight excluding hydrogens is 252 g/mol. The van der Waals surface area contributed by atoms with Crippen LogP contribution in [0.3, 0.4) is 0 Å². The molecule has 3 atom stereocenters. The van der Waals surface area contributed by atoms with E-state index in [1.807, 2.05) is 11.8 Å². The third-order valence-corrected chi connectivity index (χ3v) is 5.75. The Bertz CT molecular complexity index is 525. The summed E-state index contributed by atoms with van der Waals surface area (Å²) in [5.41, 5.74) is 2.43. The van der Waals surface area contributed by atoms with Gasteiger partial charge < -0.3 is 9.80 Å². The van der Waals surface area contributed by atoms with Crippen molar-refractivity contribution in [3.63, 3.8) is 0 Å². The summed E-state index contributed by atoms with van der Waals surface area (Å²) in [7, 11) is 0. The monoisotopic (exact) mass is 270 g/mol. The van der Waals surface area contributed by atoms with Crippen LogP contribution < -0.4 is 0 Å². The summed E-state index contributed by atoms with van der Waals surface area (Å²) in [6, 6.07) is 0.655. The number of hydrogen-bond acceptors (Lipinski definition) is 3. The van der Waals surface area contributed by atoms with Gasteiger partial charge in [-0.05, 0) is 31.4 Å². The van der Waals surface area contributed by atoms with E-state index >= 15 is 0 Å². The Hall–Kier alpha value is -1.11. The molecule has 0 aliphatic carbocycles. The summed E-state index contributed by atoms with van der Waals surface area (Å²) < 4.78 is 0. The third-order valence-electron chi connectivity index (χ3n) is 4.68. The lowest BCUT2D eigenvalue weighted by Gasteiger charge is -2.37. The first-order valence-corrected chi connectivity index (χ1v) is 8.05. The number of nitrogens with zero attached hydrogens (tertiary/aromatic N) is 2. The van der Waals surface area contributed by atoms with E-state index in [4.69, 9.17) is 6.42 Å². The van der Waals surface area contributed by atoms with Gasteiger partial charge >= 0.3 is 0 Å². The van der Waals surface area contributed by atoms with Crippen LogP contribution in [0.15, 0.2) is 34.5 Å². The first-order valence-electron chi connectivity index (χ1n) is 7.06. The van der Waals surface area contributed by atoms with Gasteiger partial charge in [-0.15, -0.1) is 18.2 Å². The first kappa shape index (κ1) is 11.7. The van der Waals surface area contributed by atoms with E-state index in [0.29, 0.717) is 6.04 Å². The molecule has 0 aromatic rings.